The third-order valence-corrected chi connectivity index (χ3v) is 3.76. The average molecular weight is 338 g/mol. The van der Waals surface area contributed by atoms with E-state index in [4.69, 9.17) is 4.74 Å². The fraction of sp³-hybridized carbons (Fsp3) is 0.412. The van der Waals surface area contributed by atoms with Gasteiger partial charge in [-0.2, -0.15) is 0 Å². The Bertz CT molecular complexity index is 655. The molecular formula is C17H20F2N2O3. The van der Waals surface area contributed by atoms with Crippen LogP contribution in [0.1, 0.15) is 19.4 Å². The third kappa shape index (κ3) is 4.61. The molecule has 5 nitrogen and oxygen atoms in total. The van der Waals surface area contributed by atoms with Gasteiger partial charge in [-0.05, 0) is 31.6 Å². The fourth-order valence-electron chi connectivity index (χ4n) is 2.46. The number of nitrogens with one attached hydrogen (secondary N) is 1. The molecule has 1 saturated heterocycles. The molecule has 0 aromatic heterocycles. The van der Waals surface area contributed by atoms with E-state index < -0.39 is 23.6 Å². The molecule has 0 saturated carbocycles. The van der Waals surface area contributed by atoms with Crippen molar-refractivity contribution in [2.45, 2.75) is 19.9 Å². The number of amides is 2. The maximum Gasteiger partial charge on any atom is 0.245 e. The van der Waals surface area contributed by atoms with Gasteiger partial charge in [-0.3, -0.25) is 9.59 Å². The lowest BCUT2D eigenvalue weighted by Crippen LogP contribution is -2.50. The van der Waals surface area contributed by atoms with Crippen LogP contribution in [-0.2, 0) is 14.3 Å². The minimum atomic E-state index is -0.742. The molecule has 7 heteroatoms. The SMILES string of the molecule is CC(=CC(=O)NC(C)C(=O)N1CCOCC1)c1ccc(F)cc1F. The highest BCUT2D eigenvalue weighted by Crippen LogP contribution is 2.18. The maximum atomic E-state index is 13.7. The molecule has 1 aromatic carbocycles. The van der Waals surface area contributed by atoms with Crippen LogP contribution in [0, 0.1) is 11.6 Å². The molecule has 24 heavy (non-hydrogen) atoms. The molecule has 1 atom stereocenters. The summed E-state index contributed by atoms with van der Waals surface area (Å²) in [7, 11) is 0. The Labute approximate surface area is 139 Å². The predicted octanol–water partition coefficient (Wildman–Crippen LogP) is 1.73. The van der Waals surface area contributed by atoms with E-state index in [1.54, 1.807) is 18.7 Å². The molecule has 0 radical (unpaired) electrons. The summed E-state index contributed by atoms with van der Waals surface area (Å²) < 4.78 is 31.8. The van der Waals surface area contributed by atoms with Gasteiger partial charge < -0.3 is 15.0 Å². The van der Waals surface area contributed by atoms with Gasteiger partial charge in [0.15, 0.2) is 0 Å². The Hall–Kier alpha value is -2.28. The van der Waals surface area contributed by atoms with Crippen molar-refractivity contribution in [1.29, 1.82) is 0 Å². The molecule has 1 aromatic rings. The summed E-state index contributed by atoms with van der Waals surface area (Å²) in [6.07, 6.45) is 1.19. The van der Waals surface area contributed by atoms with Crippen molar-refractivity contribution in [2.75, 3.05) is 26.3 Å². The average Bonchev–Trinajstić information content (AvgIpc) is 2.54. The van der Waals surface area contributed by atoms with E-state index in [1.165, 1.54) is 12.1 Å². The van der Waals surface area contributed by atoms with Crippen molar-refractivity contribution in [2.24, 2.45) is 0 Å². The normalized spacial score (nSPS) is 16.7. The zero-order chi connectivity index (χ0) is 17.7. The standard InChI is InChI=1S/C17H20F2N2O3/c1-11(14-4-3-13(18)10-15(14)19)9-16(22)20-12(2)17(23)21-5-7-24-8-6-21/h3-4,9-10,12H,5-8H2,1-2H3,(H,20,22). The Morgan fingerprint density at radius 1 is 1.29 bits per heavy atom. The number of nitrogens with zero attached hydrogens (tertiary/aromatic N) is 1. The summed E-state index contributed by atoms with van der Waals surface area (Å²) in [4.78, 5) is 25.9. The van der Waals surface area contributed by atoms with Crippen LogP contribution in [0.4, 0.5) is 8.78 Å². The second kappa shape index (κ2) is 8.01. The van der Waals surface area contributed by atoms with Gasteiger partial charge in [-0.25, -0.2) is 8.78 Å². The van der Waals surface area contributed by atoms with E-state index in [9.17, 15) is 18.4 Å². The molecule has 1 aliphatic heterocycles. The van der Waals surface area contributed by atoms with E-state index >= 15 is 0 Å². The Morgan fingerprint density at radius 2 is 1.96 bits per heavy atom. The quantitative estimate of drug-likeness (QED) is 0.851. The second-order valence-corrected chi connectivity index (χ2v) is 5.62. The zero-order valence-corrected chi connectivity index (χ0v) is 13.6. The predicted molar refractivity (Wildman–Crippen MR) is 85.0 cm³/mol. The summed E-state index contributed by atoms with van der Waals surface area (Å²) >= 11 is 0. The minimum absolute atomic E-state index is 0.138. The Morgan fingerprint density at radius 3 is 2.58 bits per heavy atom. The number of carbonyl (C=O) groups excluding carboxylic acids is 2. The van der Waals surface area contributed by atoms with Crippen molar-refractivity contribution in [3.8, 4) is 0 Å². The largest absolute Gasteiger partial charge is 0.378 e. The Balaban J connectivity index is 1.99. The molecule has 2 amide bonds. The Kier molecular flexibility index (Phi) is 6.03. The number of rotatable bonds is 4. The first-order chi connectivity index (χ1) is 11.4. The molecule has 0 aliphatic carbocycles. The molecule has 0 spiro atoms. The number of ether oxygens (including phenoxy) is 1. The van der Waals surface area contributed by atoms with Crippen molar-refractivity contribution < 1.29 is 23.1 Å². The third-order valence-electron chi connectivity index (χ3n) is 3.76. The van der Waals surface area contributed by atoms with Crippen LogP contribution in [0.25, 0.3) is 5.57 Å². The molecule has 0 bridgehead atoms. The minimum Gasteiger partial charge on any atom is -0.378 e. The summed E-state index contributed by atoms with van der Waals surface area (Å²) in [5.74, 6) is -2.12. The number of halogens is 2. The molecule has 2 rings (SSSR count). The number of morpholine rings is 1. The molecular weight excluding hydrogens is 318 g/mol. The topological polar surface area (TPSA) is 58.6 Å². The number of allylic oxidation sites excluding steroid dienone is 1. The highest BCUT2D eigenvalue weighted by atomic mass is 19.1. The van der Waals surface area contributed by atoms with Crippen LogP contribution in [0.3, 0.4) is 0 Å². The lowest BCUT2D eigenvalue weighted by atomic mass is 10.1. The van der Waals surface area contributed by atoms with Gasteiger partial charge in [0.05, 0.1) is 13.2 Å². The van der Waals surface area contributed by atoms with Crippen molar-refractivity contribution in [3.05, 3.63) is 41.5 Å². The number of hydrogen-bond acceptors (Lipinski definition) is 3. The molecule has 1 fully saturated rings. The number of hydrogen-bond donors (Lipinski definition) is 1. The van der Waals surface area contributed by atoms with Crippen LogP contribution in [0.2, 0.25) is 0 Å². The van der Waals surface area contributed by atoms with Crippen LogP contribution >= 0.6 is 0 Å². The van der Waals surface area contributed by atoms with E-state index in [-0.39, 0.29) is 11.5 Å². The van der Waals surface area contributed by atoms with Crippen LogP contribution < -0.4 is 5.32 Å². The lowest BCUT2D eigenvalue weighted by molar-refractivity contribution is -0.138. The monoisotopic (exact) mass is 338 g/mol. The molecule has 1 unspecified atom stereocenters. The van der Waals surface area contributed by atoms with E-state index in [0.717, 1.165) is 12.1 Å². The first-order valence-electron chi connectivity index (χ1n) is 7.69. The van der Waals surface area contributed by atoms with Gasteiger partial charge in [0, 0.05) is 30.8 Å². The van der Waals surface area contributed by atoms with E-state index in [1.807, 2.05) is 0 Å². The van der Waals surface area contributed by atoms with Crippen LogP contribution in [0.5, 0.6) is 0 Å². The van der Waals surface area contributed by atoms with Crippen molar-refractivity contribution in [3.63, 3.8) is 0 Å². The second-order valence-electron chi connectivity index (χ2n) is 5.62. The van der Waals surface area contributed by atoms with Crippen molar-refractivity contribution >= 4 is 17.4 Å². The highest BCUT2D eigenvalue weighted by Gasteiger charge is 2.23. The highest BCUT2D eigenvalue weighted by molar-refractivity contribution is 5.97. The summed E-state index contributed by atoms with van der Waals surface area (Å²) in [6, 6.07) is 2.46. The van der Waals surface area contributed by atoms with Gasteiger partial charge >= 0.3 is 0 Å². The van der Waals surface area contributed by atoms with Gasteiger partial charge in [0.25, 0.3) is 0 Å². The first-order valence-corrected chi connectivity index (χ1v) is 7.69. The maximum absolute atomic E-state index is 13.7. The molecule has 1 aliphatic rings. The zero-order valence-electron chi connectivity index (χ0n) is 13.6. The first kappa shape index (κ1) is 18.1. The molecule has 1 N–H and O–H groups in total. The number of carbonyl (C=O) groups is 2. The number of benzene rings is 1. The van der Waals surface area contributed by atoms with Crippen LogP contribution in [-0.4, -0.2) is 49.1 Å². The smallest absolute Gasteiger partial charge is 0.245 e. The summed E-state index contributed by atoms with van der Waals surface area (Å²) in [5.41, 5.74) is 0.481. The molecule has 1 heterocycles. The summed E-state index contributed by atoms with van der Waals surface area (Å²) in [5, 5.41) is 2.56. The van der Waals surface area contributed by atoms with Gasteiger partial charge in [0.1, 0.15) is 17.7 Å². The van der Waals surface area contributed by atoms with Crippen molar-refractivity contribution in [1.82, 2.24) is 10.2 Å². The molecule has 130 valence electrons. The van der Waals surface area contributed by atoms with E-state index in [0.29, 0.717) is 31.9 Å². The fourth-order valence-corrected chi connectivity index (χ4v) is 2.46. The summed E-state index contributed by atoms with van der Waals surface area (Å²) in [6.45, 7) is 5.09. The van der Waals surface area contributed by atoms with Gasteiger partial charge in [0.2, 0.25) is 11.8 Å². The van der Waals surface area contributed by atoms with Gasteiger partial charge in [-0.15, -0.1) is 0 Å². The van der Waals surface area contributed by atoms with E-state index in [2.05, 4.69) is 5.32 Å². The lowest BCUT2D eigenvalue weighted by Gasteiger charge is -2.29. The van der Waals surface area contributed by atoms with Crippen LogP contribution in [0.15, 0.2) is 24.3 Å². The van der Waals surface area contributed by atoms with Gasteiger partial charge in [-0.1, -0.05) is 0 Å².